The van der Waals surface area contributed by atoms with Crippen molar-refractivity contribution in [2.45, 2.75) is 15.9 Å². The number of fused-ring (bicyclic) bond motifs is 1. The van der Waals surface area contributed by atoms with Crippen LogP contribution in [0.25, 0.3) is 0 Å². The first-order valence-corrected chi connectivity index (χ1v) is 6.87. The molecule has 1 aliphatic heterocycles. The van der Waals surface area contributed by atoms with Crippen LogP contribution in [0.15, 0.2) is 29.2 Å². The molecule has 1 aliphatic rings. The van der Waals surface area contributed by atoms with Gasteiger partial charge < -0.3 is 5.32 Å². The summed E-state index contributed by atoms with van der Waals surface area (Å²) >= 11 is 0.967. The summed E-state index contributed by atoms with van der Waals surface area (Å²) in [5, 5.41) is 2.59. The smallest absolute Gasteiger partial charge is 0.278 e. The fraction of sp³-hybridized carbons (Fsp3) is 0.222. The van der Waals surface area contributed by atoms with Gasteiger partial charge in [-0.3, -0.25) is 9.35 Å². The minimum absolute atomic E-state index is 0.252. The third kappa shape index (κ3) is 2.37. The molecule has 86 valence electrons. The van der Waals surface area contributed by atoms with Gasteiger partial charge in [0.15, 0.2) is 0 Å². The number of hydrogen-bond donors (Lipinski definition) is 2. The molecular weight excluding hydrogens is 250 g/mol. The maximum atomic E-state index is 11.4. The number of para-hydroxylation sites is 1. The van der Waals surface area contributed by atoms with Crippen LogP contribution in [-0.2, 0) is 14.9 Å². The van der Waals surface area contributed by atoms with Crippen LogP contribution in [0.3, 0.4) is 0 Å². The first-order valence-electron chi connectivity index (χ1n) is 4.48. The zero-order chi connectivity index (χ0) is 11.8. The van der Waals surface area contributed by atoms with Crippen LogP contribution in [0.1, 0.15) is 6.42 Å². The van der Waals surface area contributed by atoms with Gasteiger partial charge in [0.25, 0.3) is 10.1 Å². The molecule has 1 heterocycles. The van der Waals surface area contributed by atoms with Gasteiger partial charge in [-0.05, 0) is 12.1 Å². The number of amides is 1. The van der Waals surface area contributed by atoms with Crippen LogP contribution in [0.4, 0.5) is 5.69 Å². The van der Waals surface area contributed by atoms with Crippen molar-refractivity contribution in [1.29, 1.82) is 0 Å². The number of nitrogens with one attached hydrogen (secondary N) is 1. The molecule has 1 aromatic rings. The summed E-state index contributed by atoms with van der Waals surface area (Å²) in [5.74, 6) is -0.417. The van der Waals surface area contributed by atoms with Crippen LogP contribution in [0, 0.1) is 0 Å². The lowest BCUT2D eigenvalue weighted by Gasteiger charge is -2.08. The topological polar surface area (TPSA) is 83.5 Å². The summed E-state index contributed by atoms with van der Waals surface area (Å²) in [4.78, 5) is 12.0. The number of benzene rings is 1. The van der Waals surface area contributed by atoms with Crippen LogP contribution < -0.4 is 5.32 Å². The van der Waals surface area contributed by atoms with Crippen LogP contribution in [0.5, 0.6) is 0 Å². The molecule has 1 aromatic carbocycles. The van der Waals surface area contributed by atoms with Gasteiger partial charge in [-0.15, -0.1) is 11.8 Å². The average molecular weight is 259 g/mol. The lowest BCUT2D eigenvalue weighted by Crippen LogP contribution is -2.21. The van der Waals surface area contributed by atoms with E-state index in [2.05, 4.69) is 5.32 Å². The number of thioether (sulfide) groups is 1. The van der Waals surface area contributed by atoms with Crippen molar-refractivity contribution in [2.75, 3.05) is 5.32 Å². The summed E-state index contributed by atoms with van der Waals surface area (Å²) in [6.07, 6.45) is -0.252. The van der Waals surface area contributed by atoms with Crippen molar-refractivity contribution >= 4 is 33.5 Å². The molecule has 0 saturated carbocycles. The number of hydrogen-bond acceptors (Lipinski definition) is 4. The van der Waals surface area contributed by atoms with Gasteiger partial charge in [0.1, 0.15) is 4.58 Å². The Bertz CT molecular complexity index is 526. The van der Waals surface area contributed by atoms with Gasteiger partial charge in [-0.1, -0.05) is 12.1 Å². The fourth-order valence-electron chi connectivity index (χ4n) is 1.37. The number of rotatable bonds is 1. The van der Waals surface area contributed by atoms with E-state index in [-0.39, 0.29) is 6.42 Å². The molecule has 2 rings (SSSR count). The predicted octanol–water partition coefficient (Wildman–Crippen LogP) is 1.33. The Balaban J connectivity index is 2.42. The Morgan fingerprint density at radius 2 is 2.06 bits per heavy atom. The molecule has 1 atom stereocenters. The van der Waals surface area contributed by atoms with E-state index >= 15 is 0 Å². The van der Waals surface area contributed by atoms with Crippen molar-refractivity contribution in [3.05, 3.63) is 24.3 Å². The van der Waals surface area contributed by atoms with E-state index in [9.17, 15) is 13.2 Å². The molecule has 16 heavy (non-hydrogen) atoms. The van der Waals surface area contributed by atoms with Crippen LogP contribution in [0.2, 0.25) is 0 Å². The number of carbonyl (C=O) groups is 1. The average Bonchev–Trinajstić information content (AvgIpc) is 2.34. The third-order valence-electron chi connectivity index (χ3n) is 2.10. The van der Waals surface area contributed by atoms with E-state index in [1.165, 1.54) is 0 Å². The Labute approximate surface area is 97.0 Å². The third-order valence-corrected chi connectivity index (χ3v) is 4.99. The highest BCUT2D eigenvalue weighted by molar-refractivity contribution is 8.11. The van der Waals surface area contributed by atoms with E-state index in [1.807, 2.05) is 0 Å². The normalized spacial score (nSPS) is 20.8. The second-order valence-electron chi connectivity index (χ2n) is 3.31. The summed E-state index contributed by atoms with van der Waals surface area (Å²) in [5.41, 5.74) is 0.573. The highest BCUT2D eigenvalue weighted by Crippen LogP contribution is 2.36. The molecule has 0 fully saturated rings. The van der Waals surface area contributed by atoms with Crippen molar-refractivity contribution in [1.82, 2.24) is 0 Å². The number of carbonyl (C=O) groups excluding carboxylic acids is 1. The minimum Gasteiger partial charge on any atom is -0.325 e. The van der Waals surface area contributed by atoms with Gasteiger partial charge in [0, 0.05) is 4.90 Å². The molecule has 0 bridgehead atoms. The maximum Gasteiger partial charge on any atom is 0.278 e. The Kier molecular flexibility index (Phi) is 2.92. The van der Waals surface area contributed by atoms with Crippen molar-refractivity contribution in [3.63, 3.8) is 0 Å². The largest absolute Gasteiger partial charge is 0.325 e. The fourth-order valence-corrected chi connectivity index (χ4v) is 3.46. The Hall–Kier alpha value is -1.05. The van der Waals surface area contributed by atoms with Gasteiger partial charge >= 0.3 is 0 Å². The first kappa shape index (κ1) is 11.4. The molecule has 5 nitrogen and oxygen atoms in total. The van der Waals surface area contributed by atoms with Gasteiger partial charge in [-0.2, -0.15) is 8.42 Å². The van der Waals surface area contributed by atoms with Crippen LogP contribution in [-0.4, -0.2) is 23.5 Å². The molecule has 0 saturated heterocycles. The van der Waals surface area contributed by atoms with Crippen LogP contribution >= 0.6 is 11.8 Å². The summed E-state index contributed by atoms with van der Waals surface area (Å²) in [6.45, 7) is 0. The molecule has 0 spiro atoms. The minimum atomic E-state index is -4.22. The van der Waals surface area contributed by atoms with E-state index < -0.39 is 20.6 Å². The molecule has 1 unspecified atom stereocenters. The molecule has 7 heteroatoms. The lowest BCUT2D eigenvalue weighted by molar-refractivity contribution is -0.115. The molecular formula is C9H9NO4S2. The second kappa shape index (κ2) is 4.08. The predicted molar refractivity (Wildman–Crippen MR) is 60.9 cm³/mol. The zero-order valence-corrected chi connectivity index (χ0v) is 9.72. The first-order chi connectivity index (χ1) is 7.47. The van der Waals surface area contributed by atoms with Crippen molar-refractivity contribution < 1.29 is 17.8 Å². The van der Waals surface area contributed by atoms with E-state index in [0.717, 1.165) is 11.8 Å². The molecule has 0 aromatic heterocycles. The highest BCUT2D eigenvalue weighted by atomic mass is 32.3. The van der Waals surface area contributed by atoms with Gasteiger partial charge in [-0.25, -0.2) is 0 Å². The number of anilines is 1. The van der Waals surface area contributed by atoms with Gasteiger partial charge in [0.2, 0.25) is 5.91 Å². The highest BCUT2D eigenvalue weighted by Gasteiger charge is 2.30. The van der Waals surface area contributed by atoms with Gasteiger partial charge in [0.05, 0.1) is 12.1 Å². The lowest BCUT2D eigenvalue weighted by atomic mass is 10.3. The van der Waals surface area contributed by atoms with Crippen molar-refractivity contribution in [2.24, 2.45) is 0 Å². The quantitative estimate of drug-likeness (QED) is 0.743. The monoisotopic (exact) mass is 259 g/mol. The maximum absolute atomic E-state index is 11.4. The molecule has 1 amide bonds. The standard InChI is InChI=1S/C9H9NO4S2/c11-8-5-9(16(12,13)14)15-7-4-2-1-3-6(7)10-8/h1-4,9H,5H2,(H,10,11)(H,12,13,14). The zero-order valence-electron chi connectivity index (χ0n) is 8.08. The van der Waals surface area contributed by atoms with Crippen molar-refractivity contribution in [3.8, 4) is 0 Å². The van der Waals surface area contributed by atoms with E-state index in [1.54, 1.807) is 24.3 Å². The molecule has 0 aliphatic carbocycles. The molecule has 0 radical (unpaired) electrons. The summed E-state index contributed by atoms with van der Waals surface area (Å²) < 4.78 is 29.9. The summed E-state index contributed by atoms with van der Waals surface area (Å²) in [6, 6.07) is 6.87. The SMILES string of the molecule is O=C1CC(S(=O)(=O)O)Sc2ccccc2N1. The summed E-state index contributed by atoms with van der Waals surface area (Å²) in [7, 11) is -4.22. The Morgan fingerprint density at radius 1 is 1.38 bits per heavy atom. The Morgan fingerprint density at radius 3 is 2.75 bits per heavy atom. The van der Waals surface area contributed by atoms with E-state index in [4.69, 9.17) is 4.55 Å². The van der Waals surface area contributed by atoms with E-state index in [0.29, 0.717) is 10.6 Å². The molecule has 2 N–H and O–H groups in total. The second-order valence-corrected chi connectivity index (χ2v) is 6.45.